The van der Waals surface area contributed by atoms with Gasteiger partial charge >= 0.3 is 0 Å². The maximum absolute atomic E-state index is 12.8. The molecule has 0 bridgehead atoms. The Morgan fingerprint density at radius 3 is 2.04 bits per heavy atom. The van der Waals surface area contributed by atoms with Gasteiger partial charge in [0.1, 0.15) is 12.3 Å². The number of carbonyl (C=O) groups is 2. The van der Waals surface area contributed by atoms with Gasteiger partial charge in [-0.1, -0.05) is 48.5 Å². The summed E-state index contributed by atoms with van der Waals surface area (Å²) in [6, 6.07) is 25.8. The number of carbonyl (C=O) groups excluding carboxylic acids is 2. The van der Waals surface area contributed by atoms with Crippen LogP contribution in [0.1, 0.15) is 6.92 Å². The lowest BCUT2D eigenvalue weighted by Gasteiger charge is -2.26. The molecule has 0 saturated heterocycles. The van der Waals surface area contributed by atoms with Gasteiger partial charge in [0.25, 0.3) is 0 Å². The minimum absolute atomic E-state index is 0.0874. The van der Waals surface area contributed by atoms with Crippen molar-refractivity contribution < 1.29 is 14.3 Å². The van der Waals surface area contributed by atoms with E-state index in [0.717, 1.165) is 5.69 Å². The van der Waals surface area contributed by atoms with E-state index < -0.39 is 0 Å². The van der Waals surface area contributed by atoms with Crippen LogP contribution in [0, 0.1) is 0 Å². The molecule has 5 nitrogen and oxygen atoms in total. The molecule has 3 aromatic carbocycles. The van der Waals surface area contributed by atoms with Crippen LogP contribution in [0.25, 0.3) is 0 Å². The van der Waals surface area contributed by atoms with E-state index in [0.29, 0.717) is 17.2 Å². The number of likely N-dealkylation sites (N-methyl/N-ethyl adjacent to an activating group) is 1. The number of hydrogen-bond donors (Lipinski definition) is 0. The molecule has 0 aliphatic rings. The van der Waals surface area contributed by atoms with Gasteiger partial charge in [-0.3, -0.25) is 14.5 Å². The highest BCUT2D eigenvalue weighted by molar-refractivity contribution is 6.03. The number of ether oxygens (including phenoxy) is 1. The molecule has 0 aromatic heterocycles. The quantitative estimate of drug-likeness (QED) is 0.638. The van der Waals surface area contributed by atoms with Gasteiger partial charge in [-0.25, -0.2) is 0 Å². The van der Waals surface area contributed by atoms with Gasteiger partial charge in [0.2, 0.25) is 11.8 Å². The number of amides is 2. The van der Waals surface area contributed by atoms with E-state index in [-0.39, 0.29) is 18.4 Å². The topological polar surface area (TPSA) is 49.9 Å². The first-order chi connectivity index (χ1) is 13.6. The molecule has 0 spiro atoms. The third kappa shape index (κ3) is 4.57. The standard InChI is InChI=1S/C23H22N2O3/c1-18(26)25(17-23(27)24(2)19-11-5-3-6-12-19)21-15-9-10-16-22(21)28-20-13-7-4-8-14-20/h3-16H,17H2,1-2H3. The van der Waals surface area contributed by atoms with Crippen molar-refractivity contribution in [2.45, 2.75) is 6.92 Å². The van der Waals surface area contributed by atoms with E-state index in [9.17, 15) is 9.59 Å². The zero-order valence-electron chi connectivity index (χ0n) is 15.9. The Hall–Kier alpha value is -3.60. The Bertz CT molecular complexity index is 942. The summed E-state index contributed by atoms with van der Waals surface area (Å²) >= 11 is 0. The van der Waals surface area contributed by atoms with Gasteiger partial charge in [0.15, 0.2) is 5.75 Å². The van der Waals surface area contributed by atoms with Crippen LogP contribution >= 0.6 is 0 Å². The Balaban J connectivity index is 1.85. The lowest BCUT2D eigenvalue weighted by atomic mass is 10.2. The molecular formula is C23H22N2O3. The van der Waals surface area contributed by atoms with Gasteiger partial charge in [-0.05, 0) is 36.4 Å². The monoisotopic (exact) mass is 374 g/mol. The molecule has 0 N–H and O–H groups in total. The summed E-state index contributed by atoms with van der Waals surface area (Å²) in [5.41, 5.74) is 1.32. The van der Waals surface area contributed by atoms with Crippen LogP contribution in [0.2, 0.25) is 0 Å². The Labute approximate surface area is 164 Å². The van der Waals surface area contributed by atoms with Gasteiger partial charge in [0.05, 0.1) is 5.69 Å². The molecule has 0 saturated carbocycles. The van der Waals surface area contributed by atoms with E-state index in [1.54, 1.807) is 19.2 Å². The first-order valence-corrected chi connectivity index (χ1v) is 8.98. The van der Waals surface area contributed by atoms with Gasteiger partial charge in [-0.15, -0.1) is 0 Å². The summed E-state index contributed by atoms with van der Waals surface area (Å²) < 4.78 is 5.95. The fraction of sp³-hybridized carbons (Fsp3) is 0.130. The maximum Gasteiger partial charge on any atom is 0.246 e. The summed E-state index contributed by atoms with van der Waals surface area (Å²) in [5.74, 6) is 0.736. The lowest BCUT2D eigenvalue weighted by Crippen LogP contribution is -2.41. The third-order valence-electron chi connectivity index (χ3n) is 4.32. The van der Waals surface area contributed by atoms with Crippen molar-refractivity contribution in [1.82, 2.24) is 0 Å². The van der Waals surface area contributed by atoms with Crippen molar-refractivity contribution >= 4 is 23.2 Å². The zero-order valence-corrected chi connectivity index (χ0v) is 15.9. The number of benzene rings is 3. The fourth-order valence-electron chi connectivity index (χ4n) is 2.79. The average Bonchev–Trinajstić information content (AvgIpc) is 2.73. The van der Waals surface area contributed by atoms with Crippen LogP contribution in [-0.4, -0.2) is 25.4 Å². The van der Waals surface area contributed by atoms with Crippen LogP contribution in [0.15, 0.2) is 84.9 Å². The molecule has 3 aromatic rings. The first-order valence-electron chi connectivity index (χ1n) is 8.98. The second-order valence-electron chi connectivity index (χ2n) is 6.28. The summed E-state index contributed by atoms with van der Waals surface area (Å²) in [4.78, 5) is 28.1. The van der Waals surface area contributed by atoms with Crippen LogP contribution in [-0.2, 0) is 9.59 Å². The van der Waals surface area contributed by atoms with Gasteiger partial charge in [0, 0.05) is 19.7 Å². The maximum atomic E-state index is 12.8. The van der Waals surface area contributed by atoms with Crippen molar-refractivity contribution in [2.75, 3.05) is 23.4 Å². The first kappa shape index (κ1) is 19.2. The van der Waals surface area contributed by atoms with Crippen molar-refractivity contribution in [3.63, 3.8) is 0 Å². The third-order valence-corrected chi connectivity index (χ3v) is 4.32. The van der Waals surface area contributed by atoms with Gasteiger partial charge < -0.3 is 9.64 Å². The summed E-state index contributed by atoms with van der Waals surface area (Å²) in [6.45, 7) is 1.35. The molecule has 0 heterocycles. The average molecular weight is 374 g/mol. The molecule has 3 rings (SSSR count). The molecule has 0 atom stereocenters. The molecular weight excluding hydrogens is 352 g/mol. The molecule has 0 aliphatic heterocycles. The second kappa shape index (κ2) is 8.86. The Morgan fingerprint density at radius 2 is 1.39 bits per heavy atom. The van der Waals surface area contributed by atoms with Crippen molar-refractivity contribution in [1.29, 1.82) is 0 Å². The highest BCUT2D eigenvalue weighted by Crippen LogP contribution is 2.32. The predicted octanol–water partition coefficient (Wildman–Crippen LogP) is 4.49. The molecule has 2 amide bonds. The minimum Gasteiger partial charge on any atom is -0.455 e. The molecule has 0 aliphatic carbocycles. The number of rotatable bonds is 6. The zero-order chi connectivity index (χ0) is 19.9. The molecule has 142 valence electrons. The highest BCUT2D eigenvalue weighted by Gasteiger charge is 2.22. The highest BCUT2D eigenvalue weighted by atomic mass is 16.5. The number of nitrogens with zero attached hydrogens (tertiary/aromatic N) is 2. The van der Waals surface area contributed by atoms with E-state index in [2.05, 4.69) is 0 Å². The van der Waals surface area contributed by atoms with Crippen LogP contribution in [0.4, 0.5) is 11.4 Å². The van der Waals surface area contributed by atoms with E-state index in [1.807, 2.05) is 72.8 Å². The summed E-state index contributed by atoms with van der Waals surface area (Å²) in [7, 11) is 1.70. The predicted molar refractivity (Wildman–Crippen MR) is 111 cm³/mol. The van der Waals surface area contributed by atoms with Crippen LogP contribution < -0.4 is 14.5 Å². The number of anilines is 2. The van der Waals surface area contributed by atoms with Crippen LogP contribution in [0.5, 0.6) is 11.5 Å². The summed E-state index contributed by atoms with van der Waals surface area (Å²) in [6.07, 6.45) is 0. The molecule has 5 heteroatoms. The normalized spacial score (nSPS) is 10.2. The molecule has 28 heavy (non-hydrogen) atoms. The second-order valence-corrected chi connectivity index (χ2v) is 6.28. The molecule has 0 fully saturated rings. The SMILES string of the molecule is CC(=O)N(CC(=O)N(C)c1ccccc1)c1ccccc1Oc1ccccc1. The van der Waals surface area contributed by atoms with E-state index >= 15 is 0 Å². The van der Waals surface area contributed by atoms with Crippen molar-refractivity contribution in [3.05, 3.63) is 84.9 Å². The number of hydrogen-bond acceptors (Lipinski definition) is 3. The van der Waals surface area contributed by atoms with E-state index in [1.165, 1.54) is 16.7 Å². The number of para-hydroxylation sites is 4. The Kier molecular flexibility index (Phi) is 6.07. The smallest absolute Gasteiger partial charge is 0.246 e. The van der Waals surface area contributed by atoms with Crippen LogP contribution in [0.3, 0.4) is 0 Å². The molecule has 0 radical (unpaired) electrons. The molecule has 0 unspecified atom stereocenters. The largest absolute Gasteiger partial charge is 0.455 e. The minimum atomic E-state index is -0.237. The van der Waals surface area contributed by atoms with Crippen molar-refractivity contribution in [2.24, 2.45) is 0 Å². The van der Waals surface area contributed by atoms with E-state index in [4.69, 9.17) is 4.74 Å². The van der Waals surface area contributed by atoms with Gasteiger partial charge in [-0.2, -0.15) is 0 Å². The van der Waals surface area contributed by atoms with Crippen molar-refractivity contribution in [3.8, 4) is 11.5 Å². The summed E-state index contributed by atoms with van der Waals surface area (Å²) in [5, 5.41) is 0. The fourth-order valence-corrected chi connectivity index (χ4v) is 2.79. The lowest BCUT2D eigenvalue weighted by molar-refractivity contribution is -0.121. The Morgan fingerprint density at radius 1 is 0.821 bits per heavy atom.